The average molecular weight is 674 g/mol. The van der Waals surface area contributed by atoms with Crippen molar-refractivity contribution in [3.8, 4) is 0 Å². The van der Waals surface area contributed by atoms with E-state index in [9.17, 15) is 18.0 Å². The summed E-state index contributed by atoms with van der Waals surface area (Å²) >= 11 is 0. The van der Waals surface area contributed by atoms with Crippen molar-refractivity contribution < 1.29 is 22.7 Å². The lowest BCUT2D eigenvalue weighted by molar-refractivity contribution is -0.170. The number of halogens is 3. The van der Waals surface area contributed by atoms with E-state index in [-0.39, 0.29) is 17.9 Å². The quantitative estimate of drug-likeness (QED) is 0.186. The Morgan fingerprint density at radius 2 is 1.69 bits per heavy atom. The minimum atomic E-state index is -3.14. The molecule has 2 heterocycles. The molecule has 0 radical (unpaired) electrons. The van der Waals surface area contributed by atoms with Crippen molar-refractivity contribution in [1.29, 1.82) is 0 Å². The van der Waals surface area contributed by atoms with Gasteiger partial charge in [0.15, 0.2) is 5.60 Å². The molecule has 10 heteroatoms. The standard InChI is InChI=1S/C30H44F3N3O2.C6H8N2.C2H6/c1-10-23(24-16-14-15-17-25(24)31)27(26(11-2)34-13-4)22(7)35-18-21(6)36(19-20(35)5)28(37)38-29(8,9)30(32,33)12-3;1-3-6-4-7-8(2)5-6;1-2/h10,14-17,20-21H,11-13,18-19H2,1-9H3;3-5H,1H2,2H3;1-2H3/b23-10-,27-22+,34-26?;;/t20-,21+;;/m0../s1. The first-order chi connectivity index (χ1) is 22.6. The highest BCUT2D eigenvalue weighted by atomic mass is 19.3. The number of rotatable bonds is 10. The maximum absolute atomic E-state index is 14.9. The van der Waals surface area contributed by atoms with Crippen molar-refractivity contribution in [2.45, 2.75) is 113 Å². The molecule has 1 amide bonds. The molecule has 7 nitrogen and oxygen atoms in total. The Balaban J connectivity index is 0.000000989. The highest BCUT2D eigenvalue weighted by Gasteiger charge is 2.49. The van der Waals surface area contributed by atoms with Gasteiger partial charge in [0.25, 0.3) is 5.92 Å². The lowest BCUT2D eigenvalue weighted by atomic mass is 9.90. The molecular formula is C38H58F3N5O2. The zero-order chi connectivity index (χ0) is 36.8. The first kappa shape index (κ1) is 42.2. The topological polar surface area (TPSA) is 63.0 Å². The molecule has 0 saturated carbocycles. The van der Waals surface area contributed by atoms with Gasteiger partial charge in [-0.3, -0.25) is 9.67 Å². The molecule has 1 aliphatic rings. The summed E-state index contributed by atoms with van der Waals surface area (Å²) in [4.78, 5) is 21.5. The third kappa shape index (κ3) is 10.6. The number of nitrogens with zero attached hydrogens (tertiary/aromatic N) is 5. The number of aromatic nitrogens is 2. The molecule has 0 aliphatic carbocycles. The van der Waals surface area contributed by atoms with Gasteiger partial charge in [0.2, 0.25) is 0 Å². The molecule has 3 rings (SSSR count). The molecule has 2 aromatic rings. The van der Waals surface area contributed by atoms with Gasteiger partial charge in [0, 0.05) is 79.5 Å². The molecule has 2 atom stereocenters. The lowest BCUT2D eigenvalue weighted by Gasteiger charge is -2.46. The summed E-state index contributed by atoms with van der Waals surface area (Å²) in [5.74, 6) is -3.45. The van der Waals surface area contributed by atoms with Crippen molar-refractivity contribution in [3.05, 3.63) is 77.5 Å². The normalized spacial score (nSPS) is 17.8. The van der Waals surface area contributed by atoms with E-state index in [0.717, 1.165) is 28.1 Å². The summed E-state index contributed by atoms with van der Waals surface area (Å²) in [7, 11) is 1.88. The van der Waals surface area contributed by atoms with E-state index in [0.29, 0.717) is 31.6 Å². The fraction of sp³-hybridized carbons (Fsp3) is 0.553. The van der Waals surface area contributed by atoms with Crippen LogP contribution in [0.15, 0.2) is 65.6 Å². The predicted molar refractivity (Wildman–Crippen MR) is 194 cm³/mol. The minimum absolute atomic E-state index is 0.137. The summed E-state index contributed by atoms with van der Waals surface area (Å²) < 4.78 is 50.8. The minimum Gasteiger partial charge on any atom is -0.437 e. The van der Waals surface area contributed by atoms with E-state index < -0.39 is 24.0 Å². The molecule has 1 saturated heterocycles. The van der Waals surface area contributed by atoms with Gasteiger partial charge >= 0.3 is 6.09 Å². The number of ether oxygens (including phenoxy) is 1. The molecular weight excluding hydrogens is 615 g/mol. The molecule has 0 spiro atoms. The van der Waals surface area contributed by atoms with Gasteiger partial charge in [-0.05, 0) is 66.5 Å². The van der Waals surface area contributed by atoms with E-state index >= 15 is 0 Å². The van der Waals surface area contributed by atoms with Gasteiger partial charge in [-0.1, -0.05) is 64.6 Å². The van der Waals surface area contributed by atoms with E-state index in [1.807, 2.05) is 80.8 Å². The summed E-state index contributed by atoms with van der Waals surface area (Å²) in [5, 5.41) is 3.93. The molecule has 0 unspecified atom stereocenters. The number of benzene rings is 1. The van der Waals surface area contributed by atoms with E-state index in [1.54, 1.807) is 29.1 Å². The van der Waals surface area contributed by atoms with Crippen LogP contribution in [0.3, 0.4) is 0 Å². The van der Waals surface area contributed by atoms with Crippen LogP contribution >= 0.6 is 0 Å². The van der Waals surface area contributed by atoms with E-state index in [2.05, 4.69) is 16.6 Å². The highest BCUT2D eigenvalue weighted by molar-refractivity contribution is 6.13. The summed E-state index contributed by atoms with van der Waals surface area (Å²) in [6, 6.07) is 6.27. The maximum Gasteiger partial charge on any atom is 0.410 e. The Kier molecular flexibility index (Phi) is 16.9. The number of aryl methyl sites for hydroxylation is 1. The highest BCUT2D eigenvalue weighted by Crippen LogP contribution is 2.36. The Bertz CT molecular complexity index is 1430. The molecule has 1 aromatic heterocycles. The zero-order valence-corrected chi connectivity index (χ0v) is 31.2. The largest absolute Gasteiger partial charge is 0.437 e. The molecule has 1 fully saturated rings. The van der Waals surface area contributed by atoms with E-state index in [4.69, 9.17) is 9.73 Å². The molecule has 48 heavy (non-hydrogen) atoms. The van der Waals surface area contributed by atoms with Crippen molar-refractivity contribution >= 4 is 23.5 Å². The van der Waals surface area contributed by atoms with Gasteiger partial charge in [-0.2, -0.15) is 5.10 Å². The van der Waals surface area contributed by atoms with Crippen molar-refractivity contribution in [2.75, 3.05) is 19.6 Å². The summed E-state index contributed by atoms with van der Waals surface area (Å²) in [6.45, 7) is 24.6. The Hall–Kier alpha value is -3.82. The van der Waals surface area contributed by atoms with Crippen LogP contribution in [0.5, 0.6) is 0 Å². The van der Waals surface area contributed by atoms with Crippen LogP contribution in [0.1, 0.15) is 100 Å². The van der Waals surface area contributed by atoms with Gasteiger partial charge < -0.3 is 14.5 Å². The fourth-order valence-corrected chi connectivity index (χ4v) is 5.55. The number of piperazine rings is 1. The first-order valence-corrected chi connectivity index (χ1v) is 17.0. The van der Waals surface area contributed by atoms with Gasteiger partial charge in [0.05, 0.1) is 6.20 Å². The summed E-state index contributed by atoms with van der Waals surface area (Å²) in [6.07, 6.45) is 6.87. The molecule has 0 N–H and O–H groups in total. The van der Waals surface area contributed by atoms with Crippen molar-refractivity contribution in [2.24, 2.45) is 12.0 Å². The Labute approximate surface area is 287 Å². The second kappa shape index (κ2) is 19.2. The number of alkyl halides is 2. The third-order valence-corrected chi connectivity index (χ3v) is 8.34. The first-order valence-electron chi connectivity index (χ1n) is 17.0. The van der Waals surface area contributed by atoms with E-state index in [1.165, 1.54) is 31.7 Å². The second-order valence-corrected chi connectivity index (χ2v) is 12.0. The molecule has 0 bridgehead atoms. The number of amides is 1. The van der Waals surface area contributed by atoms with Crippen LogP contribution in [0.4, 0.5) is 18.0 Å². The summed E-state index contributed by atoms with van der Waals surface area (Å²) in [5.41, 5.74) is 3.10. The molecule has 1 aromatic carbocycles. The zero-order valence-electron chi connectivity index (χ0n) is 31.2. The second-order valence-electron chi connectivity index (χ2n) is 12.0. The lowest BCUT2D eigenvalue weighted by Crippen LogP contribution is -2.59. The monoisotopic (exact) mass is 673 g/mol. The van der Waals surface area contributed by atoms with Gasteiger partial charge in [-0.25, -0.2) is 18.0 Å². The van der Waals surface area contributed by atoms with Crippen LogP contribution in [0, 0.1) is 5.82 Å². The Morgan fingerprint density at radius 3 is 2.15 bits per heavy atom. The van der Waals surface area contributed by atoms with Crippen LogP contribution in [-0.2, 0) is 11.8 Å². The van der Waals surface area contributed by atoms with Crippen molar-refractivity contribution in [1.82, 2.24) is 19.6 Å². The maximum atomic E-state index is 14.9. The van der Waals surface area contributed by atoms with Gasteiger partial charge in [0.1, 0.15) is 5.82 Å². The predicted octanol–water partition coefficient (Wildman–Crippen LogP) is 9.82. The van der Waals surface area contributed by atoms with Gasteiger partial charge in [-0.15, -0.1) is 0 Å². The van der Waals surface area contributed by atoms with Crippen molar-refractivity contribution in [3.63, 3.8) is 0 Å². The number of carbonyl (C=O) groups excluding carboxylic acids is 1. The number of hydrogen-bond acceptors (Lipinski definition) is 5. The SMILES string of the molecule is C/C=C(\C(C(CC)=NCC)=C(\C)N1C[C@@H](C)N(C(=O)OC(C)(C)C(F)(F)CC)C[C@@H]1C)c1ccccc1F.C=Cc1cnn(C)c1.CC. The Morgan fingerprint density at radius 1 is 1.10 bits per heavy atom. The van der Waals surface area contributed by atoms with Crippen LogP contribution < -0.4 is 0 Å². The van der Waals surface area contributed by atoms with Crippen LogP contribution in [0.2, 0.25) is 0 Å². The fourth-order valence-electron chi connectivity index (χ4n) is 5.55. The number of hydrogen-bond donors (Lipinski definition) is 0. The molecule has 268 valence electrons. The number of allylic oxidation sites excluding steroid dienone is 4. The average Bonchev–Trinajstić information content (AvgIpc) is 3.49. The smallest absolute Gasteiger partial charge is 0.410 e. The third-order valence-electron chi connectivity index (χ3n) is 8.34. The number of carbonyl (C=O) groups is 1. The molecule has 1 aliphatic heterocycles. The van der Waals surface area contributed by atoms with Crippen LogP contribution in [0.25, 0.3) is 11.6 Å². The van der Waals surface area contributed by atoms with Crippen LogP contribution in [-0.4, -0.2) is 74.6 Å². The number of aliphatic imine (C=N–C) groups is 1.